The van der Waals surface area contributed by atoms with E-state index in [0.717, 1.165) is 39.1 Å². The van der Waals surface area contributed by atoms with Gasteiger partial charge in [-0.25, -0.2) is 0 Å². The van der Waals surface area contributed by atoms with Crippen molar-refractivity contribution in [3.05, 3.63) is 0 Å². The fourth-order valence-corrected chi connectivity index (χ4v) is 1.78. The predicted octanol–water partition coefficient (Wildman–Crippen LogP) is 1.09. The third-order valence-corrected chi connectivity index (χ3v) is 3.16. The highest BCUT2D eigenvalue weighted by Gasteiger charge is 2.16. The number of aliphatic hydroxyl groups excluding tert-OH is 1. The van der Waals surface area contributed by atoms with Crippen molar-refractivity contribution >= 4 is 0 Å². The van der Waals surface area contributed by atoms with Gasteiger partial charge in [0.05, 0.1) is 13.2 Å². The molecule has 0 spiro atoms. The second kappa shape index (κ2) is 11.0. The van der Waals surface area contributed by atoms with Crippen molar-refractivity contribution in [3.8, 4) is 0 Å². The molecular weight excluding hydrogens is 216 g/mol. The van der Waals surface area contributed by atoms with Crippen LogP contribution in [0.4, 0.5) is 0 Å². The maximum atomic E-state index is 9.36. The van der Waals surface area contributed by atoms with E-state index < -0.39 is 0 Å². The molecule has 0 heterocycles. The number of nitrogens with zero attached hydrogens (tertiary/aromatic N) is 1. The second-order valence-electron chi connectivity index (χ2n) is 4.58. The molecule has 0 bridgehead atoms. The maximum absolute atomic E-state index is 9.36. The molecule has 0 aromatic heterocycles. The van der Waals surface area contributed by atoms with E-state index in [4.69, 9.17) is 4.74 Å². The minimum atomic E-state index is 0.167. The molecule has 0 saturated carbocycles. The smallest absolute Gasteiger partial charge is 0.0597 e. The van der Waals surface area contributed by atoms with Gasteiger partial charge < -0.3 is 15.2 Å². The molecule has 0 aliphatic heterocycles. The Balaban J connectivity index is 4.16. The Kier molecular flexibility index (Phi) is 10.9. The van der Waals surface area contributed by atoms with Crippen LogP contribution < -0.4 is 5.32 Å². The summed E-state index contributed by atoms with van der Waals surface area (Å²) in [7, 11) is 1.73. The Morgan fingerprint density at radius 1 is 1.35 bits per heavy atom. The number of methoxy groups -OCH3 is 1. The van der Waals surface area contributed by atoms with Gasteiger partial charge >= 0.3 is 0 Å². The van der Waals surface area contributed by atoms with E-state index in [9.17, 15) is 5.11 Å². The Morgan fingerprint density at radius 2 is 2.06 bits per heavy atom. The van der Waals surface area contributed by atoms with Gasteiger partial charge in [0.15, 0.2) is 0 Å². The summed E-state index contributed by atoms with van der Waals surface area (Å²) in [5.41, 5.74) is 0. The first-order valence-electron chi connectivity index (χ1n) is 6.76. The lowest BCUT2D eigenvalue weighted by molar-refractivity contribution is 0.103. The SMILES string of the molecule is CCCNC(CO)CN(CCOC)C(C)CC. The number of nitrogens with one attached hydrogen (secondary N) is 1. The molecule has 0 saturated heterocycles. The quantitative estimate of drug-likeness (QED) is 0.573. The van der Waals surface area contributed by atoms with Gasteiger partial charge in [0, 0.05) is 32.3 Å². The van der Waals surface area contributed by atoms with E-state index in [2.05, 4.69) is 31.0 Å². The molecule has 4 nitrogen and oxygen atoms in total. The van der Waals surface area contributed by atoms with Gasteiger partial charge in [-0.3, -0.25) is 4.90 Å². The monoisotopic (exact) mass is 246 g/mol. The first-order valence-corrected chi connectivity index (χ1v) is 6.76. The minimum absolute atomic E-state index is 0.167. The van der Waals surface area contributed by atoms with Gasteiger partial charge in [0.2, 0.25) is 0 Å². The van der Waals surface area contributed by atoms with Crippen molar-refractivity contribution in [2.24, 2.45) is 0 Å². The van der Waals surface area contributed by atoms with Crippen LogP contribution in [0.5, 0.6) is 0 Å². The minimum Gasteiger partial charge on any atom is -0.395 e. The van der Waals surface area contributed by atoms with Crippen LogP contribution in [-0.4, -0.2) is 62.0 Å². The van der Waals surface area contributed by atoms with Gasteiger partial charge in [0.25, 0.3) is 0 Å². The van der Waals surface area contributed by atoms with Crippen molar-refractivity contribution in [3.63, 3.8) is 0 Å². The second-order valence-corrected chi connectivity index (χ2v) is 4.58. The molecular formula is C13H30N2O2. The van der Waals surface area contributed by atoms with E-state index in [1.807, 2.05) is 0 Å². The van der Waals surface area contributed by atoms with Crippen LogP contribution in [0.25, 0.3) is 0 Å². The van der Waals surface area contributed by atoms with Crippen molar-refractivity contribution in [2.75, 3.05) is 40.0 Å². The van der Waals surface area contributed by atoms with Crippen molar-refractivity contribution in [1.29, 1.82) is 0 Å². The van der Waals surface area contributed by atoms with Crippen molar-refractivity contribution in [2.45, 2.75) is 45.7 Å². The first kappa shape index (κ1) is 16.8. The zero-order valence-corrected chi connectivity index (χ0v) is 11.9. The summed E-state index contributed by atoms with van der Waals surface area (Å²) in [5, 5.41) is 12.7. The number of hydrogen-bond acceptors (Lipinski definition) is 4. The van der Waals surface area contributed by atoms with Crippen LogP contribution >= 0.6 is 0 Å². The lowest BCUT2D eigenvalue weighted by Crippen LogP contribution is -2.47. The van der Waals surface area contributed by atoms with E-state index in [-0.39, 0.29) is 12.6 Å². The average molecular weight is 246 g/mol. The van der Waals surface area contributed by atoms with Crippen LogP contribution in [0.3, 0.4) is 0 Å². The maximum Gasteiger partial charge on any atom is 0.0597 e. The van der Waals surface area contributed by atoms with Crippen molar-refractivity contribution < 1.29 is 9.84 Å². The highest BCUT2D eigenvalue weighted by atomic mass is 16.5. The van der Waals surface area contributed by atoms with Gasteiger partial charge in [-0.1, -0.05) is 13.8 Å². The van der Waals surface area contributed by atoms with Crippen LogP contribution in [0.2, 0.25) is 0 Å². The van der Waals surface area contributed by atoms with Crippen LogP contribution in [0.1, 0.15) is 33.6 Å². The highest BCUT2D eigenvalue weighted by molar-refractivity contribution is 4.74. The third kappa shape index (κ3) is 7.71. The average Bonchev–Trinajstić information content (AvgIpc) is 2.37. The molecule has 0 amide bonds. The topological polar surface area (TPSA) is 44.7 Å². The van der Waals surface area contributed by atoms with Gasteiger partial charge in [-0.2, -0.15) is 0 Å². The number of rotatable bonds is 11. The molecule has 2 unspecified atom stereocenters. The third-order valence-electron chi connectivity index (χ3n) is 3.16. The highest BCUT2D eigenvalue weighted by Crippen LogP contribution is 2.04. The summed E-state index contributed by atoms with van der Waals surface area (Å²) >= 11 is 0. The fourth-order valence-electron chi connectivity index (χ4n) is 1.78. The number of hydrogen-bond donors (Lipinski definition) is 2. The Bertz CT molecular complexity index is 167. The summed E-state index contributed by atoms with van der Waals surface area (Å²) in [4.78, 5) is 2.38. The molecule has 4 heteroatoms. The molecule has 0 rings (SSSR count). The first-order chi connectivity index (χ1) is 8.19. The zero-order chi connectivity index (χ0) is 13.1. The molecule has 0 aromatic carbocycles. The molecule has 2 atom stereocenters. The molecule has 0 radical (unpaired) electrons. The lowest BCUT2D eigenvalue weighted by atomic mass is 10.2. The standard InChI is InChI=1S/C13H30N2O2/c1-5-7-14-13(11-16)10-15(8-9-17-4)12(3)6-2/h12-14,16H,5-11H2,1-4H3. The molecule has 2 N–H and O–H groups in total. The molecule has 0 aliphatic rings. The zero-order valence-electron chi connectivity index (χ0n) is 11.9. The van der Waals surface area contributed by atoms with Crippen LogP contribution in [0, 0.1) is 0 Å². The molecule has 104 valence electrons. The number of ether oxygens (including phenoxy) is 1. The number of aliphatic hydroxyl groups is 1. The predicted molar refractivity (Wildman–Crippen MR) is 72.4 cm³/mol. The summed E-state index contributed by atoms with van der Waals surface area (Å²) in [6, 6.07) is 0.698. The Hall–Kier alpha value is -0.160. The largest absolute Gasteiger partial charge is 0.395 e. The lowest BCUT2D eigenvalue weighted by Gasteiger charge is -2.31. The Morgan fingerprint density at radius 3 is 2.53 bits per heavy atom. The Labute approximate surface area is 106 Å². The molecule has 0 aliphatic carbocycles. The van der Waals surface area contributed by atoms with Gasteiger partial charge in [-0.05, 0) is 26.3 Å². The normalized spacial score (nSPS) is 15.2. The molecule has 0 fully saturated rings. The molecule has 17 heavy (non-hydrogen) atoms. The van der Waals surface area contributed by atoms with E-state index >= 15 is 0 Å². The van der Waals surface area contributed by atoms with E-state index in [0.29, 0.717) is 6.04 Å². The summed E-state index contributed by atoms with van der Waals surface area (Å²) in [6.45, 7) is 10.3. The summed E-state index contributed by atoms with van der Waals surface area (Å²) in [5.74, 6) is 0. The van der Waals surface area contributed by atoms with E-state index in [1.165, 1.54) is 0 Å². The van der Waals surface area contributed by atoms with Crippen LogP contribution in [0.15, 0.2) is 0 Å². The van der Waals surface area contributed by atoms with Gasteiger partial charge in [0.1, 0.15) is 0 Å². The van der Waals surface area contributed by atoms with E-state index in [1.54, 1.807) is 7.11 Å². The van der Waals surface area contributed by atoms with Crippen molar-refractivity contribution in [1.82, 2.24) is 10.2 Å². The van der Waals surface area contributed by atoms with Gasteiger partial charge in [-0.15, -0.1) is 0 Å². The summed E-state index contributed by atoms with van der Waals surface area (Å²) in [6.07, 6.45) is 2.22. The van der Waals surface area contributed by atoms with Crippen LogP contribution in [-0.2, 0) is 4.74 Å². The molecule has 0 aromatic rings. The fraction of sp³-hybridized carbons (Fsp3) is 1.00. The summed E-state index contributed by atoms with van der Waals surface area (Å²) < 4.78 is 5.14.